The van der Waals surface area contributed by atoms with Crippen LogP contribution in [0.5, 0.6) is 0 Å². The number of anilines is 1. The van der Waals surface area contributed by atoms with E-state index < -0.39 is 21.8 Å². The summed E-state index contributed by atoms with van der Waals surface area (Å²) in [7, 11) is -3.92. The highest BCUT2D eigenvalue weighted by atomic mass is 32.2. The number of hydrogen-bond acceptors (Lipinski definition) is 4. The standard InChI is InChI=1S/C28H36F3N3O3S/c1-20-16-21(2)27(22(3)17-20)38(36,37)34(24-9-5-4-6-10-24)19-26(35)33-14-12-32(13-15-33)25-11-7-8-23(18-25)28(29,30)31/h7-8,11,16-18,24H,4-6,9-10,12-15,19H2,1-3H3. The largest absolute Gasteiger partial charge is 0.416 e. The van der Waals surface area contributed by atoms with E-state index in [2.05, 4.69) is 0 Å². The maximum absolute atomic E-state index is 14.0. The van der Waals surface area contributed by atoms with Crippen molar-refractivity contribution in [3.8, 4) is 0 Å². The van der Waals surface area contributed by atoms with Gasteiger partial charge in [-0.25, -0.2) is 8.42 Å². The van der Waals surface area contributed by atoms with Gasteiger partial charge in [0.1, 0.15) is 0 Å². The van der Waals surface area contributed by atoms with Crippen molar-refractivity contribution >= 4 is 21.6 Å². The fourth-order valence-electron chi connectivity index (χ4n) is 5.80. The zero-order valence-corrected chi connectivity index (χ0v) is 23.0. The molecule has 10 heteroatoms. The summed E-state index contributed by atoms with van der Waals surface area (Å²) in [5, 5.41) is 0. The third-order valence-electron chi connectivity index (χ3n) is 7.62. The van der Waals surface area contributed by atoms with Crippen molar-refractivity contribution in [1.82, 2.24) is 9.21 Å². The van der Waals surface area contributed by atoms with Crippen LogP contribution in [0.1, 0.15) is 54.4 Å². The summed E-state index contributed by atoms with van der Waals surface area (Å²) in [5.41, 5.74) is 2.08. The monoisotopic (exact) mass is 551 g/mol. The Balaban J connectivity index is 1.51. The summed E-state index contributed by atoms with van der Waals surface area (Å²) in [4.78, 5) is 17.2. The number of carbonyl (C=O) groups excluding carboxylic acids is 1. The molecule has 1 aliphatic heterocycles. The molecule has 38 heavy (non-hydrogen) atoms. The Morgan fingerprint density at radius 3 is 2.13 bits per heavy atom. The Morgan fingerprint density at radius 2 is 1.55 bits per heavy atom. The molecular formula is C28H36F3N3O3S. The summed E-state index contributed by atoms with van der Waals surface area (Å²) < 4.78 is 68.9. The molecule has 2 fully saturated rings. The van der Waals surface area contributed by atoms with Gasteiger partial charge in [0.2, 0.25) is 15.9 Å². The van der Waals surface area contributed by atoms with Gasteiger partial charge >= 0.3 is 6.18 Å². The van der Waals surface area contributed by atoms with Gasteiger partial charge in [-0.15, -0.1) is 0 Å². The van der Waals surface area contributed by atoms with Gasteiger partial charge < -0.3 is 9.80 Å². The van der Waals surface area contributed by atoms with E-state index in [0.717, 1.165) is 49.8 Å². The fraction of sp³-hybridized carbons (Fsp3) is 0.536. The van der Waals surface area contributed by atoms with E-state index in [9.17, 15) is 26.4 Å². The van der Waals surface area contributed by atoms with Crippen LogP contribution in [0.4, 0.5) is 18.9 Å². The lowest BCUT2D eigenvalue weighted by Crippen LogP contribution is -2.53. The second-order valence-electron chi connectivity index (χ2n) is 10.5. The molecule has 0 radical (unpaired) electrons. The SMILES string of the molecule is Cc1cc(C)c(S(=O)(=O)N(CC(=O)N2CCN(c3cccc(C(F)(F)F)c3)CC2)C2CCCCC2)c(C)c1. The fourth-order valence-corrected chi connectivity index (χ4v) is 7.85. The van der Waals surface area contributed by atoms with Gasteiger partial charge in [-0.3, -0.25) is 4.79 Å². The highest BCUT2D eigenvalue weighted by Crippen LogP contribution is 2.33. The summed E-state index contributed by atoms with van der Waals surface area (Å²) in [6, 6.07) is 8.67. The molecule has 6 nitrogen and oxygen atoms in total. The van der Waals surface area contributed by atoms with Crippen molar-refractivity contribution in [2.45, 2.75) is 70.0 Å². The number of aryl methyl sites for hydroxylation is 3. The molecule has 0 unspecified atom stereocenters. The average molecular weight is 552 g/mol. The molecule has 1 saturated carbocycles. The zero-order valence-electron chi connectivity index (χ0n) is 22.2. The molecule has 4 rings (SSSR count). The second kappa shape index (κ2) is 11.3. The highest BCUT2D eigenvalue weighted by Gasteiger charge is 2.37. The number of alkyl halides is 3. The Morgan fingerprint density at radius 1 is 0.947 bits per heavy atom. The molecule has 1 amide bonds. The third kappa shape index (κ3) is 6.17. The van der Waals surface area contributed by atoms with Crippen LogP contribution in [0.3, 0.4) is 0 Å². The quantitative estimate of drug-likeness (QED) is 0.489. The minimum atomic E-state index is -4.42. The van der Waals surface area contributed by atoms with Gasteiger partial charge in [0.25, 0.3) is 0 Å². The van der Waals surface area contributed by atoms with Crippen molar-refractivity contribution in [1.29, 1.82) is 0 Å². The summed E-state index contributed by atoms with van der Waals surface area (Å²) >= 11 is 0. The van der Waals surface area contributed by atoms with E-state index in [0.29, 0.717) is 43.0 Å². The molecule has 2 aliphatic rings. The number of rotatable bonds is 6. The minimum absolute atomic E-state index is 0.232. The first-order valence-corrected chi connectivity index (χ1v) is 14.6. The number of nitrogens with zero attached hydrogens (tertiary/aromatic N) is 3. The molecule has 1 aliphatic carbocycles. The summed E-state index contributed by atoms with van der Waals surface area (Å²) in [5.74, 6) is -0.273. The smallest absolute Gasteiger partial charge is 0.368 e. The van der Waals surface area contributed by atoms with Crippen molar-refractivity contribution in [2.75, 3.05) is 37.6 Å². The molecule has 0 N–H and O–H groups in total. The maximum Gasteiger partial charge on any atom is 0.416 e. The van der Waals surface area contributed by atoms with E-state index in [1.807, 2.05) is 24.0 Å². The van der Waals surface area contributed by atoms with Gasteiger partial charge in [-0.05, 0) is 62.9 Å². The van der Waals surface area contributed by atoms with E-state index in [4.69, 9.17) is 0 Å². The van der Waals surface area contributed by atoms with Crippen molar-refractivity contribution in [2.24, 2.45) is 0 Å². The summed E-state index contributed by atoms with van der Waals surface area (Å²) in [6.45, 7) is 6.66. The van der Waals surface area contributed by atoms with E-state index >= 15 is 0 Å². The van der Waals surface area contributed by atoms with Gasteiger partial charge in [0.15, 0.2) is 0 Å². The van der Waals surface area contributed by atoms with Crippen molar-refractivity contribution < 1.29 is 26.4 Å². The van der Waals surface area contributed by atoms with E-state index in [1.54, 1.807) is 24.8 Å². The molecule has 0 aromatic heterocycles. The molecule has 0 spiro atoms. The molecular weight excluding hydrogens is 515 g/mol. The number of carbonyl (C=O) groups is 1. The van der Waals surface area contributed by atoms with Crippen LogP contribution in [0, 0.1) is 20.8 Å². The van der Waals surface area contributed by atoms with Gasteiger partial charge in [-0.2, -0.15) is 17.5 Å². The molecule has 1 saturated heterocycles. The molecule has 2 aromatic rings. The van der Waals surface area contributed by atoms with Crippen LogP contribution in [0.25, 0.3) is 0 Å². The third-order valence-corrected chi connectivity index (χ3v) is 9.82. The Kier molecular flexibility index (Phi) is 8.42. The first-order chi connectivity index (χ1) is 17.9. The number of benzene rings is 2. The normalized spacial score (nSPS) is 17.8. The predicted octanol–water partition coefficient (Wildman–Crippen LogP) is 5.30. The molecule has 2 aromatic carbocycles. The first kappa shape index (κ1) is 28.4. The zero-order chi connectivity index (χ0) is 27.7. The average Bonchev–Trinajstić information content (AvgIpc) is 2.86. The molecule has 208 valence electrons. The molecule has 0 atom stereocenters. The van der Waals surface area contributed by atoms with Crippen LogP contribution >= 0.6 is 0 Å². The second-order valence-corrected chi connectivity index (χ2v) is 12.3. The molecule has 1 heterocycles. The predicted molar refractivity (Wildman–Crippen MR) is 142 cm³/mol. The van der Waals surface area contributed by atoms with Crippen LogP contribution in [-0.4, -0.2) is 62.3 Å². The lowest BCUT2D eigenvalue weighted by Gasteiger charge is -2.38. The highest BCUT2D eigenvalue weighted by molar-refractivity contribution is 7.89. The number of amides is 1. The minimum Gasteiger partial charge on any atom is -0.368 e. The van der Waals surface area contributed by atoms with Gasteiger partial charge in [-0.1, -0.05) is 43.0 Å². The van der Waals surface area contributed by atoms with E-state index in [1.165, 1.54) is 10.4 Å². The number of halogens is 3. The van der Waals surface area contributed by atoms with Crippen LogP contribution in [0.2, 0.25) is 0 Å². The first-order valence-electron chi connectivity index (χ1n) is 13.2. The maximum atomic E-state index is 14.0. The number of hydrogen-bond donors (Lipinski definition) is 0. The Labute approximate surface area is 223 Å². The van der Waals surface area contributed by atoms with Crippen molar-refractivity contribution in [3.05, 3.63) is 58.7 Å². The van der Waals surface area contributed by atoms with Crippen LogP contribution in [-0.2, 0) is 21.0 Å². The van der Waals surface area contributed by atoms with Crippen LogP contribution < -0.4 is 4.90 Å². The van der Waals surface area contributed by atoms with Crippen LogP contribution in [0.15, 0.2) is 41.3 Å². The lowest BCUT2D eigenvalue weighted by atomic mass is 9.95. The topological polar surface area (TPSA) is 60.9 Å². The molecule has 0 bridgehead atoms. The Bertz CT molecular complexity index is 1240. The van der Waals surface area contributed by atoms with Gasteiger partial charge in [0, 0.05) is 37.9 Å². The van der Waals surface area contributed by atoms with Crippen molar-refractivity contribution in [3.63, 3.8) is 0 Å². The number of piperazine rings is 1. The van der Waals surface area contributed by atoms with E-state index in [-0.39, 0.29) is 23.4 Å². The lowest BCUT2D eigenvalue weighted by molar-refractivity contribution is -0.137. The number of sulfonamides is 1. The Hall–Kier alpha value is -2.59. The van der Waals surface area contributed by atoms with Gasteiger partial charge in [0.05, 0.1) is 17.0 Å². The summed E-state index contributed by atoms with van der Waals surface area (Å²) in [6.07, 6.45) is -0.0766.